The van der Waals surface area contributed by atoms with E-state index >= 15 is 0 Å². The molecule has 0 aliphatic rings. The zero-order chi connectivity index (χ0) is 22.9. The van der Waals surface area contributed by atoms with Gasteiger partial charge in [0.2, 0.25) is 6.10 Å². The Labute approximate surface area is 184 Å². The highest BCUT2D eigenvalue weighted by Crippen LogP contribution is 2.29. The van der Waals surface area contributed by atoms with E-state index in [9.17, 15) is 18.8 Å². The number of nitriles is 1. The summed E-state index contributed by atoms with van der Waals surface area (Å²) in [6.45, 7) is -1.13. The molecule has 0 radical (unpaired) electrons. The molecule has 0 aliphatic carbocycles. The first-order valence-corrected chi connectivity index (χ1v) is 9.98. The van der Waals surface area contributed by atoms with Gasteiger partial charge in [-0.3, -0.25) is 4.79 Å². The van der Waals surface area contributed by atoms with E-state index < -0.39 is 24.6 Å². The number of halogens is 2. The molecule has 3 aromatic carbocycles. The van der Waals surface area contributed by atoms with Crippen LogP contribution in [0.1, 0.15) is 36.5 Å². The third-order valence-corrected chi connectivity index (χ3v) is 4.69. The Bertz CT molecular complexity index is 1070. The first kappa shape index (κ1) is 22.8. The van der Waals surface area contributed by atoms with Gasteiger partial charge in [-0.05, 0) is 48.4 Å². The van der Waals surface area contributed by atoms with Crippen LogP contribution in [0.25, 0.3) is 0 Å². The molecule has 2 unspecified atom stereocenters. The van der Waals surface area contributed by atoms with Gasteiger partial charge in [0.05, 0.1) is 5.92 Å². The van der Waals surface area contributed by atoms with Crippen LogP contribution in [0.2, 0.25) is 0 Å². The minimum atomic E-state index is -2.93. The van der Waals surface area contributed by atoms with Crippen LogP contribution < -0.4 is 9.47 Å². The van der Waals surface area contributed by atoms with Gasteiger partial charge in [-0.25, -0.2) is 0 Å². The Morgan fingerprint density at radius 1 is 0.906 bits per heavy atom. The van der Waals surface area contributed by atoms with Gasteiger partial charge >= 0.3 is 12.6 Å². The Morgan fingerprint density at radius 3 is 2.22 bits per heavy atom. The van der Waals surface area contributed by atoms with Gasteiger partial charge in [0.25, 0.3) is 0 Å². The van der Waals surface area contributed by atoms with E-state index in [-0.39, 0.29) is 5.75 Å². The van der Waals surface area contributed by atoms with E-state index in [2.05, 4.69) is 4.74 Å². The molecule has 0 heterocycles. The van der Waals surface area contributed by atoms with Gasteiger partial charge < -0.3 is 14.2 Å². The average Bonchev–Trinajstić information content (AvgIpc) is 2.79. The van der Waals surface area contributed by atoms with Crippen LogP contribution in [0, 0.1) is 11.3 Å². The van der Waals surface area contributed by atoms with Crippen LogP contribution in [-0.2, 0) is 9.53 Å². The molecular weight excluding hydrogens is 416 g/mol. The summed E-state index contributed by atoms with van der Waals surface area (Å²) in [5, 5.41) is 9.60. The number of esters is 1. The fraction of sp³-hybridized carbons (Fsp3) is 0.200. The van der Waals surface area contributed by atoms with Crippen molar-refractivity contribution in [3.63, 3.8) is 0 Å². The number of carbonyl (C=O) groups is 1. The van der Waals surface area contributed by atoms with Crippen LogP contribution in [-0.4, -0.2) is 12.6 Å². The fourth-order valence-corrected chi connectivity index (χ4v) is 3.15. The maximum absolute atomic E-state index is 12.8. The van der Waals surface area contributed by atoms with E-state index in [0.717, 1.165) is 0 Å². The number of benzene rings is 3. The number of hydrogen-bond acceptors (Lipinski definition) is 5. The molecule has 0 fully saturated rings. The summed E-state index contributed by atoms with van der Waals surface area (Å²) in [5.41, 5.74) is 1.06. The van der Waals surface area contributed by atoms with Crippen molar-refractivity contribution in [1.29, 1.82) is 5.26 Å². The summed E-state index contributed by atoms with van der Waals surface area (Å²) in [4.78, 5) is 12.8. The topological polar surface area (TPSA) is 68.6 Å². The van der Waals surface area contributed by atoms with E-state index in [1.165, 1.54) is 24.3 Å². The van der Waals surface area contributed by atoms with Crippen molar-refractivity contribution < 1.29 is 27.8 Å². The second-order valence-corrected chi connectivity index (χ2v) is 6.84. The standard InChI is InChI=1S/C25H21F2NO4/c1-2-22(17-11-13-20(14-12-17)31-25(26)27)24(29)32-23(16-28)18-7-6-10-21(15-18)30-19-8-4-3-5-9-19/h3-15,22-23,25H,2H2,1H3. The second-order valence-electron chi connectivity index (χ2n) is 6.84. The van der Waals surface area contributed by atoms with E-state index in [4.69, 9.17) is 9.47 Å². The lowest BCUT2D eigenvalue weighted by Gasteiger charge is -2.18. The summed E-state index contributed by atoms with van der Waals surface area (Å²) in [5.74, 6) is -0.101. The lowest BCUT2D eigenvalue weighted by atomic mass is 9.96. The first-order chi connectivity index (χ1) is 15.5. The molecule has 2 atom stereocenters. The minimum absolute atomic E-state index is 0.00268. The number of hydrogen-bond donors (Lipinski definition) is 0. The summed E-state index contributed by atoms with van der Waals surface area (Å²) in [6, 6.07) is 23.7. The van der Waals surface area contributed by atoms with Gasteiger partial charge in [-0.2, -0.15) is 14.0 Å². The summed E-state index contributed by atoms with van der Waals surface area (Å²) in [6.07, 6.45) is -0.722. The number of nitrogens with zero attached hydrogens (tertiary/aromatic N) is 1. The zero-order valence-electron chi connectivity index (χ0n) is 17.3. The van der Waals surface area contributed by atoms with Crippen molar-refractivity contribution in [3.8, 4) is 23.3 Å². The second kappa shape index (κ2) is 10.9. The number of ether oxygens (including phenoxy) is 3. The molecule has 32 heavy (non-hydrogen) atoms. The number of rotatable bonds is 9. The van der Waals surface area contributed by atoms with Crippen molar-refractivity contribution in [2.45, 2.75) is 32.0 Å². The minimum Gasteiger partial charge on any atom is -0.457 e. The lowest BCUT2D eigenvalue weighted by molar-refractivity contribution is -0.148. The maximum atomic E-state index is 12.8. The Morgan fingerprint density at radius 2 is 1.59 bits per heavy atom. The Kier molecular flexibility index (Phi) is 7.76. The molecule has 3 rings (SSSR count). The van der Waals surface area contributed by atoms with Gasteiger partial charge in [-0.1, -0.05) is 49.4 Å². The summed E-state index contributed by atoms with van der Waals surface area (Å²) < 4.78 is 40.3. The summed E-state index contributed by atoms with van der Waals surface area (Å²) >= 11 is 0. The van der Waals surface area contributed by atoms with Crippen LogP contribution in [0.5, 0.6) is 17.2 Å². The number of carbonyl (C=O) groups excluding carboxylic acids is 1. The molecule has 7 heteroatoms. The van der Waals surface area contributed by atoms with Crippen molar-refractivity contribution in [1.82, 2.24) is 0 Å². The largest absolute Gasteiger partial charge is 0.457 e. The molecule has 0 aliphatic heterocycles. The quantitative estimate of drug-likeness (QED) is 0.363. The first-order valence-electron chi connectivity index (χ1n) is 9.98. The highest BCUT2D eigenvalue weighted by atomic mass is 19.3. The number of alkyl halides is 2. The average molecular weight is 437 g/mol. The summed E-state index contributed by atoms with van der Waals surface area (Å²) in [7, 11) is 0. The Hall–Kier alpha value is -3.92. The van der Waals surface area contributed by atoms with Crippen LogP contribution in [0.3, 0.4) is 0 Å². The van der Waals surface area contributed by atoms with Crippen molar-refractivity contribution in [3.05, 3.63) is 90.0 Å². The monoisotopic (exact) mass is 437 g/mol. The van der Waals surface area contributed by atoms with Crippen molar-refractivity contribution in [2.24, 2.45) is 0 Å². The zero-order valence-corrected chi connectivity index (χ0v) is 17.3. The highest BCUT2D eigenvalue weighted by molar-refractivity contribution is 5.78. The van der Waals surface area contributed by atoms with Gasteiger partial charge in [-0.15, -0.1) is 0 Å². The molecular formula is C25H21F2NO4. The molecule has 0 amide bonds. The smallest absolute Gasteiger partial charge is 0.387 e. The molecule has 0 saturated carbocycles. The fourth-order valence-electron chi connectivity index (χ4n) is 3.15. The third kappa shape index (κ3) is 6.05. The maximum Gasteiger partial charge on any atom is 0.387 e. The SMILES string of the molecule is CCC(C(=O)OC(C#N)c1cccc(Oc2ccccc2)c1)c1ccc(OC(F)F)cc1. The van der Waals surface area contributed by atoms with Crippen LogP contribution >= 0.6 is 0 Å². The van der Waals surface area contributed by atoms with Crippen LogP contribution in [0.4, 0.5) is 8.78 Å². The molecule has 5 nitrogen and oxygen atoms in total. The van der Waals surface area contributed by atoms with Crippen molar-refractivity contribution >= 4 is 5.97 Å². The molecule has 0 saturated heterocycles. The van der Waals surface area contributed by atoms with Gasteiger partial charge in [0, 0.05) is 5.56 Å². The molecule has 0 bridgehead atoms. The van der Waals surface area contributed by atoms with E-state index in [1.54, 1.807) is 43.3 Å². The third-order valence-electron chi connectivity index (χ3n) is 4.69. The predicted octanol–water partition coefficient (Wildman–Crippen LogP) is 6.38. The predicted molar refractivity (Wildman–Crippen MR) is 114 cm³/mol. The van der Waals surface area contributed by atoms with E-state index in [1.807, 2.05) is 24.3 Å². The van der Waals surface area contributed by atoms with E-state index in [0.29, 0.717) is 29.0 Å². The molecule has 164 valence electrons. The van der Waals surface area contributed by atoms with Gasteiger partial charge in [0.1, 0.15) is 23.3 Å². The van der Waals surface area contributed by atoms with Gasteiger partial charge in [0.15, 0.2) is 0 Å². The molecule has 0 N–H and O–H groups in total. The lowest BCUT2D eigenvalue weighted by Crippen LogP contribution is -2.18. The molecule has 0 spiro atoms. The van der Waals surface area contributed by atoms with Crippen LogP contribution in [0.15, 0.2) is 78.9 Å². The Balaban J connectivity index is 1.72. The molecule has 3 aromatic rings. The number of para-hydroxylation sites is 1. The normalized spacial score (nSPS) is 12.5. The molecule has 0 aromatic heterocycles. The van der Waals surface area contributed by atoms with Crippen molar-refractivity contribution in [2.75, 3.05) is 0 Å². The highest BCUT2D eigenvalue weighted by Gasteiger charge is 2.25.